The van der Waals surface area contributed by atoms with E-state index in [1.165, 1.54) is 10.4 Å². The average Bonchev–Trinajstić information content (AvgIpc) is 2.96. The van der Waals surface area contributed by atoms with Crippen LogP contribution in [0.3, 0.4) is 0 Å². The molecule has 0 bridgehead atoms. The van der Waals surface area contributed by atoms with E-state index in [0.29, 0.717) is 6.54 Å². The second-order valence-electron chi connectivity index (χ2n) is 7.50. The molecule has 0 spiro atoms. The Morgan fingerprint density at radius 3 is 2.78 bits per heavy atom. The van der Waals surface area contributed by atoms with Gasteiger partial charge in [-0.1, -0.05) is 0 Å². The number of carbonyl (C=O) groups is 1. The highest BCUT2D eigenvalue weighted by Gasteiger charge is 2.28. The molecule has 2 saturated heterocycles. The molecule has 0 saturated carbocycles. The summed E-state index contributed by atoms with van der Waals surface area (Å²) in [7, 11) is 0. The van der Waals surface area contributed by atoms with Gasteiger partial charge in [0.15, 0.2) is 0 Å². The first-order valence-corrected chi connectivity index (χ1v) is 10.5. The van der Waals surface area contributed by atoms with Crippen LogP contribution in [0.4, 0.5) is 5.82 Å². The molecular weight excluding hydrogens is 362 g/mol. The summed E-state index contributed by atoms with van der Waals surface area (Å²) < 4.78 is 5.45. The van der Waals surface area contributed by atoms with Crippen molar-refractivity contribution in [1.29, 1.82) is 0 Å². The molecule has 2 aromatic rings. The molecule has 4 heterocycles. The molecule has 2 N–H and O–H groups in total. The Balaban J connectivity index is 1.71. The van der Waals surface area contributed by atoms with Crippen molar-refractivity contribution < 1.29 is 9.53 Å². The Morgan fingerprint density at radius 2 is 2.04 bits per heavy atom. The number of piperidine rings is 1. The smallest absolute Gasteiger partial charge is 0.222 e. The Hall–Kier alpha value is -1.77. The van der Waals surface area contributed by atoms with E-state index >= 15 is 0 Å². The first kappa shape index (κ1) is 18.6. The number of rotatable bonds is 4. The van der Waals surface area contributed by atoms with Crippen LogP contribution in [-0.4, -0.2) is 60.2 Å². The first-order valence-electron chi connectivity index (χ1n) is 9.64. The minimum Gasteiger partial charge on any atom is -0.379 e. The van der Waals surface area contributed by atoms with Crippen LogP contribution in [0.1, 0.15) is 29.1 Å². The summed E-state index contributed by atoms with van der Waals surface area (Å²) >= 11 is 1.73. The first-order chi connectivity index (χ1) is 13.0. The standard InChI is InChI=1S/C19H27N5O2S/c1-12-13(2)27-19-16(12)18(24-5-3-4-14(10-24)17(20)25)21-15(22-19)11-23-6-8-26-9-7-23/h14H,3-11H2,1-2H3,(H2,20,25)/t14-/m1/s1. The summed E-state index contributed by atoms with van der Waals surface area (Å²) in [5, 5.41) is 1.13. The van der Waals surface area contributed by atoms with Crippen LogP contribution in [0.25, 0.3) is 10.2 Å². The SMILES string of the molecule is Cc1sc2nc(CN3CCOCC3)nc(N3CCC[C@@H](C(N)=O)C3)c2c1C. The van der Waals surface area contributed by atoms with Gasteiger partial charge in [-0.05, 0) is 32.3 Å². The Bertz CT molecular complexity index is 846. The highest BCUT2D eigenvalue weighted by molar-refractivity contribution is 7.18. The van der Waals surface area contributed by atoms with Gasteiger partial charge in [0.25, 0.3) is 0 Å². The van der Waals surface area contributed by atoms with Gasteiger partial charge in [0.1, 0.15) is 16.5 Å². The molecule has 2 aliphatic heterocycles. The van der Waals surface area contributed by atoms with Gasteiger partial charge >= 0.3 is 0 Å². The number of primary amides is 1. The quantitative estimate of drug-likeness (QED) is 0.859. The molecule has 27 heavy (non-hydrogen) atoms. The second-order valence-corrected chi connectivity index (χ2v) is 8.71. The normalized spacial score (nSPS) is 21.7. The average molecular weight is 390 g/mol. The zero-order valence-electron chi connectivity index (χ0n) is 16.0. The molecule has 0 aliphatic carbocycles. The minimum absolute atomic E-state index is 0.105. The van der Waals surface area contributed by atoms with Crippen molar-refractivity contribution in [2.75, 3.05) is 44.3 Å². The number of aryl methyl sites for hydroxylation is 2. The fraction of sp³-hybridized carbons (Fsp3) is 0.632. The number of fused-ring (bicyclic) bond motifs is 1. The molecule has 2 aromatic heterocycles. The monoisotopic (exact) mass is 389 g/mol. The van der Waals surface area contributed by atoms with Crippen LogP contribution in [0, 0.1) is 19.8 Å². The van der Waals surface area contributed by atoms with Crippen LogP contribution in [0.15, 0.2) is 0 Å². The summed E-state index contributed by atoms with van der Waals surface area (Å²) in [6.45, 7) is 9.90. The highest BCUT2D eigenvalue weighted by Crippen LogP contribution is 2.36. The van der Waals surface area contributed by atoms with Gasteiger partial charge in [0.2, 0.25) is 5.91 Å². The topological polar surface area (TPSA) is 84.6 Å². The van der Waals surface area contributed by atoms with E-state index in [-0.39, 0.29) is 11.8 Å². The minimum atomic E-state index is -0.211. The molecule has 7 nitrogen and oxygen atoms in total. The molecule has 0 aromatic carbocycles. The zero-order valence-corrected chi connectivity index (χ0v) is 16.8. The second kappa shape index (κ2) is 7.69. The maximum Gasteiger partial charge on any atom is 0.222 e. The van der Waals surface area contributed by atoms with Crippen LogP contribution in [-0.2, 0) is 16.1 Å². The van der Waals surface area contributed by atoms with E-state index < -0.39 is 0 Å². The molecule has 8 heteroatoms. The summed E-state index contributed by atoms with van der Waals surface area (Å²) in [6.07, 6.45) is 1.82. The predicted octanol–water partition coefficient (Wildman–Crippen LogP) is 1.84. The third-order valence-electron chi connectivity index (χ3n) is 5.65. The van der Waals surface area contributed by atoms with Crippen LogP contribution in [0.5, 0.6) is 0 Å². The van der Waals surface area contributed by atoms with Crippen molar-refractivity contribution in [1.82, 2.24) is 14.9 Å². The number of thiophene rings is 1. The van der Waals surface area contributed by atoms with Gasteiger partial charge in [0, 0.05) is 31.1 Å². The number of nitrogens with zero attached hydrogens (tertiary/aromatic N) is 4. The lowest BCUT2D eigenvalue weighted by atomic mass is 9.97. The number of anilines is 1. The molecule has 1 amide bonds. The lowest BCUT2D eigenvalue weighted by Gasteiger charge is -2.33. The van der Waals surface area contributed by atoms with E-state index in [9.17, 15) is 4.79 Å². The maximum absolute atomic E-state index is 11.7. The number of hydrogen-bond acceptors (Lipinski definition) is 7. The highest BCUT2D eigenvalue weighted by atomic mass is 32.1. The Labute approximate surface area is 163 Å². The molecule has 146 valence electrons. The maximum atomic E-state index is 11.7. The van der Waals surface area contributed by atoms with Gasteiger partial charge in [-0.3, -0.25) is 9.69 Å². The van der Waals surface area contributed by atoms with Crippen molar-refractivity contribution in [3.63, 3.8) is 0 Å². The van der Waals surface area contributed by atoms with Gasteiger partial charge in [-0.2, -0.15) is 0 Å². The fourth-order valence-electron chi connectivity index (χ4n) is 3.93. The van der Waals surface area contributed by atoms with Gasteiger partial charge in [-0.25, -0.2) is 9.97 Å². The lowest BCUT2D eigenvalue weighted by molar-refractivity contribution is -0.122. The predicted molar refractivity (Wildman–Crippen MR) is 107 cm³/mol. The van der Waals surface area contributed by atoms with Crippen molar-refractivity contribution in [3.8, 4) is 0 Å². The summed E-state index contributed by atoms with van der Waals surface area (Å²) in [4.78, 5) is 28.5. The van der Waals surface area contributed by atoms with E-state index in [1.807, 2.05) is 0 Å². The molecule has 4 rings (SSSR count). The molecular formula is C19H27N5O2S. The third kappa shape index (κ3) is 3.79. The van der Waals surface area contributed by atoms with Gasteiger partial charge < -0.3 is 15.4 Å². The summed E-state index contributed by atoms with van der Waals surface area (Å²) in [5.74, 6) is 1.50. The molecule has 2 aliphatic rings. The van der Waals surface area contributed by atoms with Crippen molar-refractivity contribution in [2.45, 2.75) is 33.2 Å². The Kier molecular flexibility index (Phi) is 5.29. The zero-order chi connectivity index (χ0) is 19.0. The molecule has 1 atom stereocenters. The number of amides is 1. The van der Waals surface area contributed by atoms with Crippen LogP contribution >= 0.6 is 11.3 Å². The van der Waals surface area contributed by atoms with E-state index in [1.54, 1.807) is 11.3 Å². The summed E-state index contributed by atoms with van der Waals surface area (Å²) in [6, 6.07) is 0. The van der Waals surface area contributed by atoms with Crippen molar-refractivity contribution in [2.24, 2.45) is 11.7 Å². The van der Waals surface area contributed by atoms with E-state index in [2.05, 4.69) is 23.6 Å². The number of ether oxygens (including phenoxy) is 1. The van der Waals surface area contributed by atoms with Crippen LogP contribution < -0.4 is 10.6 Å². The fourth-order valence-corrected chi connectivity index (χ4v) is 4.97. The van der Waals surface area contributed by atoms with Crippen molar-refractivity contribution >= 4 is 33.3 Å². The molecule has 0 unspecified atom stereocenters. The number of morpholine rings is 1. The van der Waals surface area contributed by atoms with E-state index in [0.717, 1.165) is 74.1 Å². The number of hydrogen-bond donors (Lipinski definition) is 1. The van der Waals surface area contributed by atoms with Gasteiger partial charge in [0.05, 0.1) is 31.1 Å². The van der Waals surface area contributed by atoms with E-state index in [4.69, 9.17) is 20.4 Å². The number of carbonyl (C=O) groups excluding carboxylic acids is 1. The number of aromatic nitrogens is 2. The largest absolute Gasteiger partial charge is 0.379 e. The Morgan fingerprint density at radius 1 is 1.26 bits per heavy atom. The van der Waals surface area contributed by atoms with Gasteiger partial charge in [-0.15, -0.1) is 11.3 Å². The lowest BCUT2D eigenvalue weighted by Crippen LogP contribution is -2.42. The number of nitrogens with two attached hydrogens (primary N) is 1. The van der Waals surface area contributed by atoms with Crippen molar-refractivity contribution in [3.05, 3.63) is 16.3 Å². The molecule has 2 fully saturated rings. The molecule has 0 radical (unpaired) electrons. The third-order valence-corrected chi connectivity index (χ3v) is 6.75. The van der Waals surface area contributed by atoms with Crippen LogP contribution in [0.2, 0.25) is 0 Å². The summed E-state index contributed by atoms with van der Waals surface area (Å²) in [5.41, 5.74) is 6.83.